The van der Waals surface area contributed by atoms with Crippen molar-refractivity contribution in [1.29, 1.82) is 0 Å². The lowest BCUT2D eigenvalue weighted by atomic mass is 10.4. The number of hydrogen-bond acceptors (Lipinski definition) is 4. The van der Waals surface area contributed by atoms with Gasteiger partial charge in [0.25, 0.3) is 15.9 Å². The van der Waals surface area contributed by atoms with Gasteiger partial charge in [-0.3, -0.25) is 10.2 Å². The molecule has 0 aliphatic rings. The molecule has 0 saturated carbocycles. The van der Waals surface area contributed by atoms with Gasteiger partial charge in [0.1, 0.15) is 4.90 Å². The average Bonchev–Trinajstić information content (AvgIpc) is 2.90. The largest absolute Gasteiger partial charge is 0.276 e. The molecule has 0 unspecified atom stereocenters. The van der Waals surface area contributed by atoms with Crippen LogP contribution in [0.25, 0.3) is 0 Å². The first-order valence-corrected chi connectivity index (χ1v) is 7.85. The Bertz CT molecular complexity index is 684. The highest BCUT2D eigenvalue weighted by molar-refractivity contribution is 7.89. The number of hydrazine groups is 1. The quantitative estimate of drug-likeness (QED) is 0.847. The number of benzene rings is 1. The molecule has 0 radical (unpaired) electrons. The van der Waals surface area contributed by atoms with Crippen molar-refractivity contribution in [2.24, 2.45) is 0 Å². The lowest BCUT2D eigenvalue weighted by Gasteiger charge is -2.08. The van der Waals surface area contributed by atoms with Crippen LogP contribution in [0.3, 0.4) is 0 Å². The van der Waals surface area contributed by atoms with E-state index in [2.05, 4.69) is 5.43 Å². The highest BCUT2D eigenvalue weighted by Crippen LogP contribution is 2.19. The summed E-state index contributed by atoms with van der Waals surface area (Å²) in [6.07, 6.45) is 0. The third-order valence-corrected chi connectivity index (χ3v) is 4.79. The van der Waals surface area contributed by atoms with Crippen molar-refractivity contribution < 1.29 is 13.2 Å². The number of halogens is 1. The molecular formula is C11H9ClN2O3S2. The molecule has 0 atom stereocenters. The minimum Gasteiger partial charge on any atom is -0.273 e. The van der Waals surface area contributed by atoms with Crippen LogP contribution in [-0.2, 0) is 10.0 Å². The average molecular weight is 317 g/mol. The maximum atomic E-state index is 11.9. The Morgan fingerprint density at radius 1 is 1.16 bits per heavy atom. The van der Waals surface area contributed by atoms with Crippen molar-refractivity contribution in [2.45, 2.75) is 4.90 Å². The molecule has 1 amide bonds. The zero-order valence-corrected chi connectivity index (χ0v) is 11.8. The Morgan fingerprint density at radius 3 is 2.53 bits per heavy atom. The minimum absolute atomic E-state index is 0.0837. The Labute approximate surface area is 119 Å². The van der Waals surface area contributed by atoms with Crippen molar-refractivity contribution >= 4 is 38.9 Å². The molecule has 5 nitrogen and oxygen atoms in total. The molecule has 100 valence electrons. The maximum Gasteiger partial charge on any atom is 0.276 e. The molecule has 1 heterocycles. The first-order chi connectivity index (χ1) is 9.00. The molecule has 1 aromatic carbocycles. The summed E-state index contributed by atoms with van der Waals surface area (Å²) in [6, 6.07) is 9.25. The molecule has 2 aromatic rings. The lowest BCUT2D eigenvalue weighted by molar-refractivity contribution is 0.0949. The number of rotatable bonds is 4. The summed E-state index contributed by atoms with van der Waals surface area (Å²) < 4.78 is 23.8. The summed E-state index contributed by atoms with van der Waals surface area (Å²) in [5.41, 5.74) is 2.13. The third kappa shape index (κ3) is 3.32. The molecule has 0 aliphatic heterocycles. The Kier molecular flexibility index (Phi) is 4.20. The van der Waals surface area contributed by atoms with Crippen molar-refractivity contribution in [3.05, 3.63) is 51.7 Å². The van der Waals surface area contributed by atoms with Crippen LogP contribution in [0, 0.1) is 0 Å². The van der Waals surface area contributed by atoms with E-state index in [0.717, 1.165) is 0 Å². The standard InChI is InChI=1S/C11H9ClN2O3S2/c12-8-4-1-2-6-10(8)19(16,17)14-13-11(15)9-5-3-7-18-9/h1-7,14H,(H,13,15). The van der Waals surface area contributed by atoms with E-state index in [1.807, 2.05) is 4.83 Å². The van der Waals surface area contributed by atoms with Crippen LogP contribution >= 0.6 is 22.9 Å². The van der Waals surface area contributed by atoms with Gasteiger partial charge in [-0.15, -0.1) is 16.2 Å². The predicted octanol–water partition coefficient (Wildman–Crippen LogP) is 2.02. The summed E-state index contributed by atoms with van der Waals surface area (Å²) in [6.45, 7) is 0. The number of carbonyl (C=O) groups excluding carboxylic acids is 1. The molecule has 0 fully saturated rings. The molecule has 0 spiro atoms. The van der Waals surface area contributed by atoms with Crippen LogP contribution in [0.2, 0.25) is 5.02 Å². The Hall–Kier alpha value is -1.41. The van der Waals surface area contributed by atoms with Gasteiger partial charge in [-0.1, -0.05) is 29.8 Å². The van der Waals surface area contributed by atoms with E-state index in [9.17, 15) is 13.2 Å². The fourth-order valence-corrected chi connectivity index (χ4v) is 3.28. The molecule has 2 N–H and O–H groups in total. The van der Waals surface area contributed by atoms with Gasteiger partial charge in [0.05, 0.1) is 9.90 Å². The van der Waals surface area contributed by atoms with Gasteiger partial charge in [-0.2, -0.15) is 0 Å². The van der Waals surface area contributed by atoms with Gasteiger partial charge in [0.2, 0.25) is 0 Å². The first kappa shape index (κ1) is 14.0. The van der Waals surface area contributed by atoms with Crippen LogP contribution < -0.4 is 10.3 Å². The lowest BCUT2D eigenvalue weighted by Crippen LogP contribution is -2.41. The van der Waals surface area contributed by atoms with Crippen LogP contribution in [0.4, 0.5) is 0 Å². The highest BCUT2D eigenvalue weighted by Gasteiger charge is 2.18. The molecule has 1 aromatic heterocycles. The first-order valence-electron chi connectivity index (χ1n) is 5.11. The number of sulfonamides is 1. The van der Waals surface area contributed by atoms with Crippen LogP contribution in [0.15, 0.2) is 46.7 Å². The van der Waals surface area contributed by atoms with Gasteiger partial charge in [-0.05, 0) is 23.6 Å². The molecule has 19 heavy (non-hydrogen) atoms. The van der Waals surface area contributed by atoms with Gasteiger partial charge in [-0.25, -0.2) is 8.42 Å². The second-order valence-electron chi connectivity index (χ2n) is 3.47. The monoisotopic (exact) mass is 316 g/mol. The highest BCUT2D eigenvalue weighted by atomic mass is 35.5. The van der Waals surface area contributed by atoms with Gasteiger partial charge < -0.3 is 0 Å². The number of thiophene rings is 1. The van der Waals surface area contributed by atoms with Gasteiger partial charge >= 0.3 is 0 Å². The predicted molar refractivity (Wildman–Crippen MR) is 73.6 cm³/mol. The second kappa shape index (κ2) is 5.70. The summed E-state index contributed by atoms with van der Waals surface area (Å²) in [5.74, 6) is -0.523. The maximum absolute atomic E-state index is 11.9. The topological polar surface area (TPSA) is 75.3 Å². The van der Waals surface area contributed by atoms with Crippen LogP contribution in [0.1, 0.15) is 9.67 Å². The second-order valence-corrected chi connectivity index (χ2v) is 6.47. The molecule has 2 rings (SSSR count). The molecule has 8 heteroatoms. The number of carbonyl (C=O) groups is 1. The van der Waals surface area contributed by atoms with E-state index in [1.54, 1.807) is 29.6 Å². The van der Waals surface area contributed by atoms with E-state index < -0.39 is 15.9 Å². The summed E-state index contributed by atoms with van der Waals surface area (Å²) in [4.78, 5) is 13.9. The Balaban J connectivity index is 2.11. The normalized spacial score (nSPS) is 11.2. The zero-order valence-electron chi connectivity index (χ0n) is 9.46. The zero-order chi connectivity index (χ0) is 13.9. The van der Waals surface area contributed by atoms with Gasteiger partial charge in [0, 0.05) is 0 Å². The van der Waals surface area contributed by atoms with Crippen molar-refractivity contribution in [1.82, 2.24) is 10.3 Å². The van der Waals surface area contributed by atoms with E-state index in [0.29, 0.717) is 4.88 Å². The number of hydrogen-bond donors (Lipinski definition) is 2. The third-order valence-electron chi connectivity index (χ3n) is 2.17. The minimum atomic E-state index is -3.89. The van der Waals surface area contributed by atoms with E-state index in [-0.39, 0.29) is 9.92 Å². The fraction of sp³-hybridized carbons (Fsp3) is 0. The SMILES string of the molecule is O=C(NNS(=O)(=O)c1ccccc1Cl)c1cccs1. The molecule has 0 bridgehead atoms. The van der Waals surface area contributed by atoms with Crippen LogP contribution in [-0.4, -0.2) is 14.3 Å². The van der Waals surface area contributed by atoms with E-state index in [4.69, 9.17) is 11.6 Å². The molecular weight excluding hydrogens is 308 g/mol. The van der Waals surface area contributed by atoms with Crippen LogP contribution in [0.5, 0.6) is 0 Å². The molecule has 0 aliphatic carbocycles. The number of amides is 1. The van der Waals surface area contributed by atoms with Gasteiger partial charge in [0.15, 0.2) is 0 Å². The fourth-order valence-electron chi connectivity index (χ4n) is 1.30. The Morgan fingerprint density at radius 2 is 1.89 bits per heavy atom. The summed E-state index contributed by atoms with van der Waals surface area (Å²) in [5, 5.41) is 1.80. The van der Waals surface area contributed by atoms with E-state index in [1.165, 1.54) is 23.5 Å². The number of nitrogens with one attached hydrogen (secondary N) is 2. The smallest absolute Gasteiger partial charge is 0.273 e. The van der Waals surface area contributed by atoms with Crippen molar-refractivity contribution in [3.63, 3.8) is 0 Å². The molecule has 0 saturated heterocycles. The van der Waals surface area contributed by atoms with E-state index >= 15 is 0 Å². The summed E-state index contributed by atoms with van der Waals surface area (Å²) >= 11 is 7.00. The van der Waals surface area contributed by atoms with Crippen molar-refractivity contribution in [2.75, 3.05) is 0 Å². The van der Waals surface area contributed by atoms with Crippen molar-refractivity contribution in [3.8, 4) is 0 Å². The summed E-state index contributed by atoms with van der Waals surface area (Å²) in [7, 11) is -3.89.